The van der Waals surface area contributed by atoms with Crippen molar-refractivity contribution < 1.29 is 129 Å². The molecular formula is C34H60N2O26. The summed E-state index contributed by atoms with van der Waals surface area (Å²) in [5.41, 5.74) is 0. The van der Waals surface area contributed by atoms with Crippen LogP contribution in [0.25, 0.3) is 0 Å². The summed E-state index contributed by atoms with van der Waals surface area (Å²) in [6, 6.07) is -3.38. The second-order valence-corrected chi connectivity index (χ2v) is 15.2. The van der Waals surface area contributed by atoms with Crippen LogP contribution < -0.4 is 10.6 Å². The molecule has 4 saturated heterocycles. The Balaban J connectivity index is 1.58. The van der Waals surface area contributed by atoms with Gasteiger partial charge in [0, 0.05) is 13.8 Å². The molecule has 0 radical (unpaired) electrons. The molecule has 2 amide bonds. The van der Waals surface area contributed by atoms with Crippen molar-refractivity contribution in [2.75, 3.05) is 39.6 Å². The van der Waals surface area contributed by atoms with Gasteiger partial charge in [0.15, 0.2) is 25.2 Å². The Kier molecular flexibility index (Phi) is 19.9. The lowest BCUT2D eigenvalue weighted by Crippen LogP contribution is -2.70. The van der Waals surface area contributed by atoms with Gasteiger partial charge in [0.05, 0.1) is 39.6 Å². The van der Waals surface area contributed by atoms with E-state index >= 15 is 0 Å². The van der Waals surface area contributed by atoms with E-state index in [4.69, 9.17) is 37.9 Å². The monoisotopic (exact) mass is 912 g/mol. The van der Waals surface area contributed by atoms with Crippen LogP contribution >= 0.6 is 0 Å². The minimum atomic E-state index is -2.17. The molecule has 4 aliphatic heterocycles. The molecule has 0 bridgehead atoms. The molecule has 28 heteroatoms. The predicted molar refractivity (Wildman–Crippen MR) is 192 cm³/mol. The minimum Gasteiger partial charge on any atom is -0.394 e. The summed E-state index contributed by atoms with van der Waals surface area (Å²) < 4.78 is 45.2. The third-order valence-corrected chi connectivity index (χ3v) is 10.7. The summed E-state index contributed by atoms with van der Waals surface area (Å²) in [5.74, 6) is -1.61. The fourth-order valence-corrected chi connectivity index (χ4v) is 7.33. The van der Waals surface area contributed by atoms with Gasteiger partial charge in [0.2, 0.25) is 11.8 Å². The number of aliphatic hydroxyl groups is 16. The number of amides is 2. The predicted octanol–water partition coefficient (Wildman–Crippen LogP) is -12.0. The van der Waals surface area contributed by atoms with E-state index in [9.17, 15) is 91.3 Å². The first-order valence-electron chi connectivity index (χ1n) is 19.5. The van der Waals surface area contributed by atoms with Gasteiger partial charge in [0.1, 0.15) is 122 Å². The van der Waals surface area contributed by atoms with Crippen LogP contribution in [0, 0.1) is 0 Å². The molecular weight excluding hydrogens is 852 g/mol. The summed E-state index contributed by atoms with van der Waals surface area (Å²) >= 11 is 0. The van der Waals surface area contributed by atoms with Crippen LogP contribution in [0.2, 0.25) is 0 Å². The molecule has 24 atom stereocenters. The molecule has 0 aromatic rings. The molecule has 0 aromatic heterocycles. The van der Waals surface area contributed by atoms with Gasteiger partial charge in [-0.1, -0.05) is 0 Å². The van der Waals surface area contributed by atoms with Crippen molar-refractivity contribution in [3.8, 4) is 0 Å². The number of nitrogens with one attached hydrogen (secondary N) is 2. The number of rotatable bonds is 19. The fraction of sp³-hybridized carbons (Fsp3) is 0.941. The highest BCUT2D eigenvalue weighted by molar-refractivity contribution is 5.73. The van der Waals surface area contributed by atoms with Gasteiger partial charge in [-0.25, -0.2) is 0 Å². The molecule has 362 valence electrons. The standard InChI is InChI=1S/C34H60N2O26/c1-9(42)35-17-23(50)21(48)16(8-55-33-26(53)25(52)20(47)13(5-39)56-33)59-31(17)62-30-22(49)14(6-40)57-34(27(30)54)61-29-15(7-41)58-32(18(24(29)51)36-10(2)43)60-28(12(45)4-38)19(46)11(44)3-37/h11-34,37-41,44-54H,3-8H2,1-2H3,(H,35,42)(H,36,43)/t11-,12+,13-,14-,15-,16-,17-,18-,19+,20+,21-,22+,23-,24-,25+,26-,27-,28-,29-,30+,31+,32+,33+,34+/m1/s1. The van der Waals surface area contributed by atoms with E-state index in [1.54, 1.807) is 0 Å². The summed E-state index contributed by atoms with van der Waals surface area (Å²) in [5, 5.41) is 171. The van der Waals surface area contributed by atoms with Gasteiger partial charge in [-0.15, -0.1) is 0 Å². The van der Waals surface area contributed by atoms with Crippen molar-refractivity contribution in [1.29, 1.82) is 0 Å². The van der Waals surface area contributed by atoms with E-state index in [0.29, 0.717) is 0 Å². The SMILES string of the molecule is CC(=O)N[C@H]1[C@H](O[C@@H]([C@@H](O)[C@H](O)CO)[C@@H](O)CO)O[C@H](CO)[C@@H](O[C@@H]2O[C@H](CO)[C@H](O)[C@H](O[C@@H]3O[C@H](CO[C@H]4O[C@H](CO)[C@H](O)[C@H](O)[C@H]4O)[C@@H](O)[C@H](O)[C@H]3NC(C)=O)[C@H]2O)[C@@H]1O. The molecule has 0 spiro atoms. The van der Waals surface area contributed by atoms with Crippen LogP contribution in [0.4, 0.5) is 0 Å². The van der Waals surface area contributed by atoms with Gasteiger partial charge in [-0.3, -0.25) is 9.59 Å². The van der Waals surface area contributed by atoms with E-state index in [2.05, 4.69) is 10.6 Å². The molecule has 4 rings (SSSR count). The van der Waals surface area contributed by atoms with E-state index in [0.717, 1.165) is 13.8 Å². The second kappa shape index (κ2) is 23.4. The Labute approximate surface area is 352 Å². The highest BCUT2D eigenvalue weighted by Crippen LogP contribution is 2.34. The molecule has 28 nitrogen and oxygen atoms in total. The lowest BCUT2D eigenvalue weighted by Gasteiger charge is -2.49. The van der Waals surface area contributed by atoms with Crippen LogP contribution in [-0.4, -0.2) is 280 Å². The zero-order chi connectivity index (χ0) is 46.3. The maximum absolute atomic E-state index is 12.3. The van der Waals surface area contributed by atoms with E-state index in [-0.39, 0.29) is 0 Å². The highest BCUT2D eigenvalue weighted by atomic mass is 16.8. The Bertz CT molecular complexity index is 1390. The van der Waals surface area contributed by atoms with Gasteiger partial charge in [0.25, 0.3) is 0 Å². The average molecular weight is 913 g/mol. The number of carbonyl (C=O) groups is 2. The number of hydrogen-bond donors (Lipinski definition) is 18. The van der Waals surface area contributed by atoms with Crippen LogP contribution in [0.3, 0.4) is 0 Å². The molecule has 4 fully saturated rings. The molecule has 0 saturated carbocycles. The smallest absolute Gasteiger partial charge is 0.217 e. The van der Waals surface area contributed by atoms with Gasteiger partial charge < -0.3 is 130 Å². The summed E-state index contributed by atoms with van der Waals surface area (Å²) in [7, 11) is 0. The third kappa shape index (κ3) is 12.1. The first-order chi connectivity index (χ1) is 29.2. The van der Waals surface area contributed by atoms with Gasteiger partial charge in [-0.2, -0.15) is 0 Å². The van der Waals surface area contributed by atoms with Crippen LogP contribution in [0.5, 0.6) is 0 Å². The number of carbonyl (C=O) groups excluding carboxylic acids is 2. The van der Waals surface area contributed by atoms with Gasteiger partial charge >= 0.3 is 0 Å². The van der Waals surface area contributed by atoms with Crippen LogP contribution in [0.1, 0.15) is 13.8 Å². The van der Waals surface area contributed by atoms with Gasteiger partial charge in [-0.05, 0) is 0 Å². The Hall–Kier alpha value is -2.02. The fourth-order valence-electron chi connectivity index (χ4n) is 7.33. The number of hydrogen-bond acceptors (Lipinski definition) is 26. The summed E-state index contributed by atoms with van der Waals surface area (Å²) in [6.45, 7) is -3.61. The van der Waals surface area contributed by atoms with Crippen molar-refractivity contribution >= 4 is 11.8 Å². The lowest BCUT2D eigenvalue weighted by atomic mass is 9.94. The van der Waals surface area contributed by atoms with Crippen LogP contribution in [0.15, 0.2) is 0 Å². The molecule has 62 heavy (non-hydrogen) atoms. The minimum absolute atomic E-state index is 0.763. The zero-order valence-corrected chi connectivity index (χ0v) is 33.3. The molecule has 0 aromatic carbocycles. The Morgan fingerprint density at radius 1 is 0.516 bits per heavy atom. The molecule has 4 heterocycles. The quantitative estimate of drug-likeness (QED) is 0.0572. The number of ether oxygens (including phenoxy) is 8. The van der Waals surface area contributed by atoms with E-state index < -0.39 is 199 Å². The maximum atomic E-state index is 12.3. The summed E-state index contributed by atoms with van der Waals surface area (Å²) in [6.07, 6.45) is -41.0. The largest absolute Gasteiger partial charge is 0.394 e. The number of aliphatic hydroxyl groups excluding tert-OH is 16. The molecule has 18 N–H and O–H groups in total. The first kappa shape index (κ1) is 52.6. The average Bonchev–Trinajstić information content (AvgIpc) is 3.24. The topological polar surface area (TPSA) is 456 Å². The molecule has 0 unspecified atom stereocenters. The van der Waals surface area contributed by atoms with E-state index in [1.807, 2.05) is 0 Å². The summed E-state index contributed by atoms with van der Waals surface area (Å²) in [4.78, 5) is 24.5. The van der Waals surface area contributed by atoms with Crippen molar-refractivity contribution in [2.45, 2.75) is 161 Å². The lowest BCUT2D eigenvalue weighted by molar-refractivity contribution is -0.374. The molecule has 0 aliphatic carbocycles. The highest BCUT2D eigenvalue weighted by Gasteiger charge is 2.55. The van der Waals surface area contributed by atoms with Crippen molar-refractivity contribution in [2.24, 2.45) is 0 Å². The second-order valence-electron chi connectivity index (χ2n) is 15.2. The normalized spacial score (nSPS) is 43.6. The third-order valence-electron chi connectivity index (χ3n) is 10.7. The zero-order valence-electron chi connectivity index (χ0n) is 33.3. The maximum Gasteiger partial charge on any atom is 0.217 e. The van der Waals surface area contributed by atoms with Crippen molar-refractivity contribution in [3.05, 3.63) is 0 Å². The first-order valence-corrected chi connectivity index (χ1v) is 19.5. The Morgan fingerprint density at radius 2 is 1.00 bits per heavy atom. The van der Waals surface area contributed by atoms with Crippen molar-refractivity contribution in [3.63, 3.8) is 0 Å². The Morgan fingerprint density at radius 3 is 1.55 bits per heavy atom. The van der Waals surface area contributed by atoms with E-state index in [1.165, 1.54) is 0 Å². The van der Waals surface area contributed by atoms with Crippen molar-refractivity contribution in [1.82, 2.24) is 10.6 Å². The van der Waals surface area contributed by atoms with Crippen LogP contribution in [-0.2, 0) is 47.5 Å². The molecule has 4 aliphatic rings.